The van der Waals surface area contributed by atoms with E-state index in [1.165, 1.54) is 0 Å². The number of pyridine rings is 1. The average molecular weight is 551 g/mol. The normalized spacial score (nSPS) is 14.8. The molecular formula is C33H38N6O2. The summed E-state index contributed by atoms with van der Waals surface area (Å²) >= 11 is 0. The molecule has 8 nitrogen and oxygen atoms in total. The lowest BCUT2D eigenvalue weighted by Crippen LogP contribution is -2.33. The van der Waals surface area contributed by atoms with E-state index in [9.17, 15) is 9.59 Å². The van der Waals surface area contributed by atoms with Crippen LogP contribution in [0.15, 0.2) is 79.1 Å². The van der Waals surface area contributed by atoms with Gasteiger partial charge in [0.1, 0.15) is 5.82 Å². The van der Waals surface area contributed by atoms with E-state index in [2.05, 4.69) is 41.7 Å². The monoisotopic (exact) mass is 550 g/mol. The second-order valence-corrected chi connectivity index (χ2v) is 11.8. The minimum absolute atomic E-state index is 0.0856. The number of urea groups is 1. The fraction of sp³-hybridized carbons (Fsp3) is 0.333. The number of aromatic nitrogens is 3. The van der Waals surface area contributed by atoms with Gasteiger partial charge in [0, 0.05) is 35.1 Å². The van der Waals surface area contributed by atoms with Gasteiger partial charge in [-0.05, 0) is 80.7 Å². The number of anilines is 2. The van der Waals surface area contributed by atoms with Crippen LogP contribution in [0.25, 0.3) is 5.69 Å². The third kappa shape index (κ3) is 6.72. The fourth-order valence-electron chi connectivity index (χ4n) is 5.28. The first-order chi connectivity index (χ1) is 19.7. The lowest BCUT2D eigenvalue weighted by Gasteiger charge is -2.30. The Labute approximate surface area is 241 Å². The van der Waals surface area contributed by atoms with Crippen LogP contribution in [-0.2, 0) is 5.41 Å². The number of hydrogen-bond donors (Lipinski definition) is 3. The lowest BCUT2D eigenvalue weighted by atomic mass is 9.76. The molecule has 1 saturated heterocycles. The van der Waals surface area contributed by atoms with Gasteiger partial charge in [-0.1, -0.05) is 50.6 Å². The van der Waals surface area contributed by atoms with Crippen LogP contribution in [-0.4, -0.2) is 39.7 Å². The number of hydrogen-bond acceptors (Lipinski definition) is 5. The number of amides is 2. The van der Waals surface area contributed by atoms with Gasteiger partial charge < -0.3 is 10.6 Å². The minimum Gasteiger partial charge on any atom is -0.317 e. The van der Waals surface area contributed by atoms with Crippen LogP contribution in [0.3, 0.4) is 0 Å². The van der Waals surface area contributed by atoms with Crippen LogP contribution in [0, 0.1) is 12.8 Å². The molecule has 4 aromatic rings. The lowest BCUT2D eigenvalue weighted by molar-refractivity contribution is 0.0915. The first-order valence-corrected chi connectivity index (χ1v) is 14.2. The van der Waals surface area contributed by atoms with Gasteiger partial charge in [-0.15, -0.1) is 0 Å². The molecule has 0 aliphatic carbocycles. The molecule has 1 aliphatic rings. The third-order valence-corrected chi connectivity index (χ3v) is 7.61. The number of rotatable bonds is 7. The van der Waals surface area contributed by atoms with Crippen molar-refractivity contribution in [2.75, 3.05) is 23.7 Å². The maximum absolute atomic E-state index is 13.6. The summed E-state index contributed by atoms with van der Waals surface area (Å²) in [7, 11) is 0. The zero-order valence-electron chi connectivity index (χ0n) is 24.1. The van der Waals surface area contributed by atoms with E-state index in [1.807, 2.05) is 67.6 Å². The van der Waals surface area contributed by atoms with Crippen molar-refractivity contribution in [2.45, 2.75) is 51.9 Å². The minimum atomic E-state index is -0.368. The number of Topliss-reactive ketones (excluding diaryl/α,β-unsaturated/α-hetero) is 1. The number of carbonyl (C=O) groups excluding carboxylic acids is 2. The van der Waals surface area contributed by atoms with Crippen LogP contribution in [0.2, 0.25) is 0 Å². The quantitative estimate of drug-likeness (QED) is 0.229. The topological polar surface area (TPSA) is 101 Å². The zero-order chi connectivity index (χ0) is 29.0. The number of carbonyl (C=O) groups is 2. The molecule has 2 amide bonds. The molecule has 8 heteroatoms. The molecule has 2 aromatic heterocycles. The summed E-state index contributed by atoms with van der Waals surface area (Å²) < 4.78 is 1.76. The standard InChI is InChI=1S/C33H38N6O2/c1-22-7-13-27(14-8-22)39-29(20-28(38-39)33(2,3)4)37-32(41)36-26-11-9-23(10-12-26)30(24-15-18-34-19-16-24)31(40)25-6-5-17-35-21-25/h5-14,17,20-21,24,30,34H,15-16,18-19H2,1-4H3,(H2,36,37,41). The predicted octanol–water partition coefficient (Wildman–Crippen LogP) is 6.48. The molecule has 1 atom stereocenters. The van der Waals surface area contributed by atoms with Crippen molar-refractivity contribution in [1.29, 1.82) is 0 Å². The van der Waals surface area contributed by atoms with Crippen molar-refractivity contribution in [2.24, 2.45) is 5.92 Å². The number of aryl methyl sites for hydroxylation is 1. The molecule has 2 aromatic carbocycles. The van der Waals surface area contributed by atoms with E-state index < -0.39 is 0 Å². The Hall–Kier alpha value is -4.30. The van der Waals surface area contributed by atoms with Crippen LogP contribution < -0.4 is 16.0 Å². The van der Waals surface area contributed by atoms with E-state index in [-0.39, 0.29) is 29.1 Å². The van der Waals surface area contributed by atoms with Gasteiger partial charge in [-0.3, -0.25) is 15.1 Å². The van der Waals surface area contributed by atoms with Gasteiger partial charge in [-0.25, -0.2) is 9.48 Å². The van der Waals surface area contributed by atoms with Crippen LogP contribution in [0.4, 0.5) is 16.3 Å². The molecule has 3 N–H and O–H groups in total. The summed E-state index contributed by atoms with van der Waals surface area (Å²) in [6.07, 6.45) is 5.19. The smallest absolute Gasteiger partial charge is 0.317 e. The largest absolute Gasteiger partial charge is 0.324 e. The molecule has 0 radical (unpaired) electrons. The Morgan fingerprint density at radius 1 is 0.976 bits per heavy atom. The first-order valence-electron chi connectivity index (χ1n) is 14.2. The third-order valence-electron chi connectivity index (χ3n) is 7.61. The highest BCUT2D eigenvalue weighted by molar-refractivity contribution is 6.01. The Balaban J connectivity index is 1.34. The Kier molecular flexibility index (Phi) is 8.31. The number of ketones is 1. The highest BCUT2D eigenvalue weighted by Crippen LogP contribution is 2.35. The van der Waals surface area contributed by atoms with Gasteiger partial charge in [0.25, 0.3) is 0 Å². The number of piperidine rings is 1. The summed E-state index contributed by atoms with van der Waals surface area (Å²) in [5.74, 6) is 0.650. The number of benzene rings is 2. The molecule has 1 fully saturated rings. The van der Waals surface area contributed by atoms with Crippen LogP contribution >= 0.6 is 0 Å². The van der Waals surface area contributed by atoms with Gasteiger partial charge in [-0.2, -0.15) is 5.10 Å². The molecule has 3 heterocycles. The van der Waals surface area contributed by atoms with E-state index in [1.54, 1.807) is 23.1 Å². The predicted molar refractivity (Wildman–Crippen MR) is 163 cm³/mol. The van der Waals surface area contributed by atoms with Gasteiger partial charge in [0.05, 0.1) is 17.3 Å². The maximum atomic E-state index is 13.6. The molecule has 5 rings (SSSR count). The van der Waals surface area contributed by atoms with Crippen LogP contribution in [0.1, 0.15) is 66.7 Å². The van der Waals surface area contributed by atoms with Gasteiger partial charge >= 0.3 is 6.03 Å². The van der Waals surface area contributed by atoms with Crippen molar-refractivity contribution < 1.29 is 9.59 Å². The first kappa shape index (κ1) is 28.2. The zero-order valence-corrected chi connectivity index (χ0v) is 24.1. The molecule has 212 valence electrons. The average Bonchev–Trinajstić information content (AvgIpc) is 3.40. The van der Waals surface area contributed by atoms with Crippen molar-refractivity contribution in [3.8, 4) is 5.69 Å². The van der Waals surface area contributed by atoms with E-state index in [4.69, 9.17) is 5.10 Å². The summed E-state index contributed by atoms with van der Waals surface area (Å²) in [4.78, 5) is 30.9. The van der Waals surface area contributed by atoms with Gasteiger partial charge in [0.2, 0.25) is 0 Å². The highest BCUT2D eigenvalue weighted by Gasteiger charge is 2.31. The molecular weight excluding hydrogens is 512 g/mol. The Morgan fingerprint density at radius 3 is 2.32 bits per heavy atom. The van der Waals surface area contributed by atoms with E-state index in [0.29, 0.717) is 17.1 Å². The SMILES string of the molecule is Cc1ccc(-n2nc(C(C)(C)C)cc2NC(=O)Nc2ccc(C(C(=O)c3cccnc3)C3CCNCC3)cc2)cc1. The van der Waals surface area contributed by atoms with Crippen LogP contribution in [0.5, 0.6) is 0 Å². The molecule has 0 saturated carbocycles. The Bertz CT molecular complexity index is 1480. The fourth-order valence-corrected chi connectivity index (χ4v) is 5.28. The Morgan fingerprint density at radius 2 is 1.68 bits per heavy atom. The second-order valence-electron chi connectivity index (χ2n) is 11.8. The highest BCUT2D eigenvalue weighted by atomic mass is 16.2. The maximum Gasteiger partial charge on any atom is 0.324 e. The van der Waals surface area contributed by atoms with E-state index >= 15 is 0 Å². The summed E-state index contributed by atoms with van der Waals surface area (Å²) in [5.41, 5.74) is 4.92. The van der Waals surface area contributed by atoms with E-state index in [0.717, 1.165) is 48.4 Å². The molecule has 1 aliphatic heterocycles. The van der Waals surface area contributed by atoms with Crippen molar-refractivity contribution in [3.05, 3.63) is 102 Å². The number of nitrogens with zero attached hydrogens (tertiary/aromatic N) is 3. The molecule has 0 spiro atoms. The summed E-state index contributed by atoms with van der Waals surface area (Å²) in [6, 6.07) is 20.8. The summed E-state index contributed by atoms with van der Waals surface area (Å²) in [6.45, 7) is 10.1. The second kappa shape index (κ2) is 12.1. The van der Waals surface area contributed by atoms with Crippen molar-refractivity contribution >= 4 is 23.3 Å². The van der Waals surface area contributed by atoms with Gasteiger partial charge in [0.15, 0.2) is 5.78 Å². The number of nitrogens with one attached hydrogen (secondary N) is 3. The van der Waals surface area contributed by atoms with Crippen molar-refractivity contribution in [1.82, 2.24) is 20.1 Å². The summed E-state index contributed by atoms with van der Waals surface area (Å²) in [5, 5.41) is 14.1. The molecule has 41 heavy (non-hydrogen) atoms. The molecule has 0 bridgehead atoms. The van der Waals surface area contributed by atoms with Crippen molar-refractivity contribution in [3.63, 3.8) is 0 Å². The molecule has 1 unspecified atom stereocenters.